The van der Waals surface area contributed by atoms with Crippen molar-refractivity contribution in [1.29, 1.82) is 0 Å². The third-order valence-electron chi connectivity index (χ3n) is 3.37. The molecular weight excluding hydrogens is 178 g/mol. The molecule has 1 rings (SSSR count). The Balaban J connectivity index is 2.86. The van der Waals surface area contributed by atoms with Crippen molar-refractivity contribution in [3.8, 4) is 0 Å². The second kappa shape index (κ2) is 4.57. The predicted octanol–water partition coefficient (Wildman–Crippen LogP) is -0.106. The number of likely N-dealkylation sites (N-methyl/N-ethyl adjacent to an activating group) is 2. The highest BCUT2D eigenvalue weighted by Gasteiger charge is 2.45. The average Bonchev–Trinajstić information content (AvgIpc) is 2.16. The molecule has 0 aromatic carbocycles. The van der Waals surface area contributed by atoms with Gasteiger partial charge in [-0.05, 0) is 32.9 Å². The minimum Gasteiger partial charge on any atom is -0.377 e. The Labute approximate surface area is 86.6 Å². The Morgan fingerprint density at radius 3 is 2.36 bits per heavy atom. The lowest BCUT2D eigenvalue weighted by Crippen LogP contribution is -2.70. The van der Waals surface area contributed by atoms with E-state index in [-0.39, 0.29) is 17.8 Å². The van der Waals surface area contributed by atoms with Crippen molar-refractivity contribution in [2.45, 2.75) is 37.6 Å². The maximum absolute atomic E-state index is 6.10. The first kappa shape index (κ1) is 11.9. The van der Waals surface area contributed by atoms with Crippen molar-refractivity contribution in [1.82, 2.24) is 10.6 Å². The van der Waals surface area contributed by atoms with Gasteiger partial charge in [-0.1, -0.05) is 6.92 Å². The summed E-state index contributed by atoms with van der Waals surface area (Å²) in [6.45, 7) is 2.23. The summed E-state index contributed by atoms with van der Waals surface area (Å²) in [5.74, 6) is 0.622. The number of nitrogens with two attached hydrogens (primary N) is 1. The van der Waals surface area contributed by atoms with Crippen molar-refractivity contribution in [2.24, 2.45) is 11.7 Å². The van der Waals surface area contributed by atoms with Gasteiger partial charge < -0.3 is 21.1 Å². The van der Waals surface area contributed by atoms with Crippen LogP contribution in [0.3, 0.4) is 0 Å². The largest absolute Gasteiger partial charge is 0.377 e. The summed E-state index contributed by atoms with van der Waals surface area (Å²) >= 11 is 0. The van der Waals surface area contributed by atoms with Crippen LogP contribution in [0.25, 0.3) is 0 Å². The van der Waals surface area contributed by atoms with Crippen LogP contribution in [0.5, 0.6) is 0 Å². The highest BCUT2D eigenvalue weighted by Crippen LogP contribution is 2.31. The Morgan fingerprint density at radius 1 is 1.36 bits per heavy atom. The minimum atomic E-state index is -0.175. The van der Waals surface area contributed by atoms with Gasteiger partial charge in [0.1, 0.15) is 6.10 Å². The van der Waals surface area contributed by atoms with Gasteiger partial charge in [0, 0.05) is 13.2 Å². The normalized spacial score (nSPS) is 37.1. The molecule has 3 atom stereocenters. The summed E-state index contributed by atoms with van der Waals surface area (Å²) in [6.07, 6.45) is 2.12. The molecule has 0 unspecified atom stereocenters. The molecule has 1 fully saturated rings. The molecule has 4 nitrogen and oxygen atoms in total. The summed E-state index contributed by atoms with van der Waals surface area (Å²) in [7, 11) is 5.63. The Kier molecular flexibility index (Phi) is 3.89. The van der Waals surface area contributed by atoms with Gasteiger partial charge >= 0.3 is 0 Å². The van der Waals surface area contributed by atoms with E-state index < -0.39 is 0 Å². The number of rotatable bonds is 3. The Bertz CT molecular complexity index is 182. The molecule has 0 aromatic rings. The predicted molar refractivity (Wildman–Crippen MR) is 58.0 cm³/mol. The third-order valence-corrected chi connectivity index (χ3v) is 3.37. The van der Waals surface area contributed by atoms with Crippen LogP contribution in [0.15, 0.2) is 0 Å². The van der Waals surface area contributed by atoms with Crippen LogP contribution in [0.4, 0.5) is 0 Å². The monoisotopic (exact) mass is 201 g/mol. The Hall–Kier alpha value is -0.160. The molecule has 84 valence electrons. The van der Waals surface area contributed by atoms with Crippen molar-refractivity contribution >= 4 is 0 Å². The summed E-state index contributed by atoms with van der Waals surface area (Å²) < 4.78 is 5.50. The van der Waals surface area contributed by atoms with E-state index in [1.54, 1.807) is 7.11 Å². The lowest BCUT2D eigenvalue weighted by molar-refractivity contribution is -0.0481. The van der Waals surface area contributed by atoms with Crippen LogP contribution in [0, 0.1) is 5.92 Å². The van der Waals surface area contributed by atoms with Crippen molar-refractivity contribution in [3.05, 3.63) is 0 Å². The highest BCUT2D eigenvalue weighted by atomic mass is 16.5. The third kappa shape index (κ3) is 1.93. The smallest absolute Gasteiger partial charge is 0.103 e. The molecule has 1 aliphatic carbocycles. The molecule has 0 spiro atoms. The fourth-order valence-corrected chi connectivity index (χ4v) is 2.69. The summed E-state index contributed by atoms with van der Waals surface area (Å²) in [4.78, 5) is 0. The first-order valence-corrected chi connectivity index (χ1v) is 5.25. The molecule has 14 heavy (non-hydrogen) atoms. The molecule has 4 N–H and O–H groups in total. The average molecular weight is 201 g/mol. The maximum atomic E-state index is 6.10. The molecule has 0 radical (unpaired) electrons. The van der Waals surface area contributed by atoms with Crippen molar-refractivity contribution < 1.29 is 4.74 Å². The summed E-state index contributed by atoms with van der Waals surface area (Å²) in [5.41, 5.74) is 5.93. The van der Waals surface area contributed by atoms with Crippen LogP contribution in [-0.4, -0.2) is 39.0 Å². The summed E-state index contributed by atoms with van der Waals surface area (Å²) in [6, 6.07) is 0.101. The zero-order valence-electron chi connectivity index (χ0n) is 9.63. The second-order valence-electron chi connectivity index (χ2n) is 4.34. The first-order chi connectivity index (χ1) is 6.59. The summed E-state index contributed by atoms with van der Waals surface area (Å²) in [5, 5.41) is 6.63. The van der Waals surface area contributed by atoms with Crippen LogP contribution in [0.2, 0.25) is 0 Å². The lowest BCUT2D eigenvalue weighted by atomic mass is 9.77. The molecule has 0 saturated heterocycles. The van der Waals surface area contributed by atoms with Crippen LogP contribution in [-0.2, 0) is 4.74 Å². The molecule has 0 aliphatic heterocycles. The van der Waals surface area contributed by atoms with E-state index in [0.29, 0.717) is 5.92 Å². The lowest BCUT2D eigenvalue weighted by Gasteiger charge is -2.48. The number of hydrogen-bond donors (Lipinski definition) is 3. The number of nitrogens with one attached hydrogen (secondary N) is 2. The first-order valence-electron chi connectivity index (χ1n) is 5.25. The van der Waals surface area contributed by atoms with Crippen LogP contribution in [0.1, 0.15) is 19.8 Å². The van der Waals surface area contributed by atoms with E-state index >= 15 is 0 Å². The second-order valence-corrected chi connectivity index (χ2v) is 4.34. The molecule has 0 amide bonds. The maximum Gasteiger partial charge on any atom is 0.103 e. The fourth-order valence-electron chi connectivity index (χ4n) is 2.69. The van der Waals surface area contributed by atoms with Gasteiger partial charge in [0.15, 0.2) is 0 Å². The van der Waals surface area contributed by atoms with E-state index in [0.717, 1.165) is 12.8 Å². The zero-order chi connectivity index (χ0) is 10.8. The van der Waals surface area contributed by atoms with Gasteiger partial charge in [-0.2, -0.15) is 0 Å². The SMILES string of the molecule is CNC1(NC)C[C@H](C)C[C@H](N)[C@H]1OC. The van der Waals surface area contributed by atoms with Gasteiger partial charge in [0.25, 0.3) is 0 Å². The fraction of sp³-hybridized carbons (Fsp3) is 1.00. The zero-order valence-corrected chi connectivity index (χ0v) is 9.63. The number of ether oxygens (including phenoxy) is 1. The van der Waals surface area contributed by atoms with Crippen molar-refractivity contribution in [2.75, 3.05) is 21.2 Å². The van der Waals surface area contributed by atoms with E-state index in [1.165, 1.54) is 0 Å². The molecule has 0 heterocycles. The van der Waals surface area contributed by atoms with Gasteiger partial charge in [-0.15, -0.1) is 0 Å². The molecule has 1 aliphatic rings. The molecule has 0 bridgehead atoms. The van der Waals surface area contributed by atoms with Gasteiger partial charge in [-0.25, -0.2) is 0 Å². The van der Waals surface area contributed by atoms with E-state index in [1.807, 2.05) is 14.1 Å². The number of methoxy groups -OCH3 is 1. The van der Waals surface area contributed by atoms with E-state index in [2.05, 4.69) is 17.6 Å². The van der Waals surface area contributed by atoms with E-state index in [4.69, 9.17) is 10.5 Å². The quantitative estimate of drug-likeness (QED) is 0.558. The van der Waals surface area contributed by atoms with Crippen LogP contribution < -0.4 is 16.4 Å². The van der Waals surface area contributed by atoms with E-state index in [9.17, 15) is 0 Å². The van der Waals surface area contributed by atoms with Gasteiger partial charge in [0.2, 0.25) is 0 Å². The minimum absolute atomic E-state index is 0.0358. The van der Waals surface area contributed by atoms with Gasteiger partial charge in [0.05, 0.1) is 5.66 Å². The topological polar surface area (TPSA) is 59.3 Å². The number of hydrogen-bond acceptors (Lipinski definition) is 4. The highest BCUT2D eigenvalue weighted by molar-refractivity contribution is 5.02. The van der Waals surface area contributed by atoms with Crippen LogP contribution >= 0.6 is 0 Å². The Morgan fingerprint density at radius 2 is 1.93 bits per heavy atom. The molecule has 1 saturated carbocycles. The van der Waals surface area contributed by atoms with Crippen molar-refractivity contribution in [3.63, 3.8) is 0 Å². The molecule has 0 aromatic heterocycles. The molecular formula is C10H23N3O. The molecule has 4 heteroatoms. The standard InChI is InChI=1S/C10H23N3O/c1-7-5-8(11)9(14-4)10(6-7,12-2)13-3/h7-9,12-13H,5-6,11H2,1-4H3/t7-,8+,9-/m1/s1. The van der Waals surface area contributed by atoms with Gasteiger partial charge in [-0.3, -0.25) is 0 Å².